The summed E-state index contributed by atoms with van der Waals surface area (Å²) in [7, 11) is 3.66. The van der Waals surface area contributed by atoms with Crippen LogP contribution in [-0.2, 0) is 9.47 Å². The van der Waals surface area contributed by atoms with Crippen LogP contribution in [0.15, 0.2) is 0 Å². The predicted molar refractivity (Wildman–Crippen MR) is 81.0 cm³/mol. The molecule has 0 aromatic carbocycles. The van der Waals surface area contributed by atoms with E-state index in [0.29, 0.717) is 31.8 Å². The molecule has 1 heterocycles. The number of piperidine rings is 1. The lowest BCUT2D eigenvalue weighted by atomic mass is 9.96. The Morgan fingerprint density at radius 1 is 1.30 bits per heavy atom. The Bertz CT molecular complexity index is 253. The number of aliphatic hydroxyl groups is 1. The Labute approximate surface area is 123 Å². The number of nitrogens with one attached hydrogen (secondary N) is 1. The molecule has 4 atom stereocenters. The second-order valence-corrected chi connectivity index (χ2v) is 5.89. The second-order valence-electron chi connectivity index (χ2n) is 5.89. The molecule has 1 saturated heterocycles. The van der Waals surface area contributed by atoms with E-state index in [9.17, 15) is 5.11 Å². The van der Waals surface area contributed by atoms with E-state index < -0.39 is 6.10 Å². The van der Waals surface area contributed by atoms with Crippen LogP contribution in [0, 0.1) is 0 Å². The second kappa shape index (κ2) is 9.68. The van der Waals surface area contributed by atoms with Gasteiger partial charge in [0.2, 0.25) is 0 Å². The molecule has 0 aromatic heterocycles. The van der Waals surface area contributed by atoms with E-state index in [-0.39, 0.29) is 6.10 Å². The highest BCUT2D eigenvalue weighted by Gasteiger charge is 2.27. The third kappa shape index (κ3) is 6.06. The Morgan fingerprint density at radius 3 is 2.70 bits per heavy atom. The molecular formula is C15H32N2O3. The van der Waals surface area contributed by atoms with Crippen LogP contribution in [0.5, 0.6) is 0 Å². The van der Waals surface area contributed by atoms with Gasteiger partial charge >= 0.3 is 0 Å². The van der Waals surface area contributed by atoms with E-state index >= 15 is 0 Å². The van der Waals surface area contributed by atoms with Crippen molar-refractivity contribution >= 4 is 0 Å². The lowest BCUT2D eigenvalue weighted by Crippen LogP contribution is -2.52. The minimum Gasteiger partial charge on any atom is -0.389 e. The fourth-order valence-electron chi connectivity index (χ4n) is 2.88. The number of likely N-dealkylation sites (N-methyl/N-ethyl adjacent to an activating group) is 1. The van der Waals surface area contributed by atoms with Gasteiger partial charge in [-0.15, -0.1) is 0 Å². The molecule has 0 bridgehead atoms. The summed E-state index contributed by atoms with van der Waals surface area (Å²) in [4.78, 5) is 2.40. The van der Waals surface area contributed by atoms with Gasteiger partial charge in [-0.05, 0) is 40.3 Å². The summed E-state index contributed by atoms with van der Waals surface area (Å²) in [6, 6.07) is 0.968. The van der Waals surface area contributed by atoms with Crippen molar-refractivity contribution in [2.75, 3.05) is 40.5 Å². The average molecular weight is 288 g/mol. The topological polar surface area (TPSA) is 54.0 Å². The number of ether oxygens (including phenoxy) is 2. The third-order valence-electron chi connectivity index (χ3n) is 4.12. The fraction of sp³-hybridized carbons (Fsp3) is 1.00. The molecule has 0 amide bonds. The van der Waals surface area contributed by atoms with Crippen LogP contribution in [0.1, 0.15) is 33.1 Å². The molecule has 2 N–H and O–H groups in total. The van der Waals surface area contributed by atoms with Gasteiger partial charge in [-0.25, -0.2) is 0 Å². The van der Waals surface area contributed by atoms with Gasteiger partial charge in [-0.3, -0.25) is 4.90 Å². The SMILES string of the molecule is CNC(C)C1CCCCN1CC(O)COC(C)COC. The summed E-state index contributed by atoms with van der Waals surface area (Å²) < 4.78 is 10.6. The summed E-state index contributed by atoms with van der Waals surface area (Å²) in [6.07, 6.45) is 3.31. The van der Waals surface area contributed by atoms with E-state index in [1.807, 2.05) is 14.0 Å². The van der Waals surface area contributed by atoms with E-state index in [1.54, 1.807) is 7.11 Å². The Kier molecular flexibility index (Phi) is 8.64. The number of hydrogen-bond donors (Lipinski definition) is 2. The van der Waals surface area contributed by atoms with Crippen LogP contribution in [-0.4, -0.2) is 74.8 Å². The first-order chi connectivity index (χ1) is 9.58. The molecule has 120 valence electrons. The number of nitrogens with zero attached hydrogens (tertiary/aromatic N) is 1. The van der Waals surface area contributed by atoms with Crippen LogP contribution in [0.4, 0.5) is 0 Å². The van der Waals surface area contributed by atoms with Crippen molar-refractivity contribution in [1.29, 1.82) is 0 Å². The van der Waals surface area contributed by atoms with E-state index in [4.69, 9.17) is 9.47 Å². The van der Waals surface area contributed by atoms with Gasteiger partial charge in [-0.2, -0.15) is 0 Å². The highest BCUT2D eigenvalue weighted by atomic mass is 16.5. The maximum atomic E-state index is 10.2. The largest absolute Gasteiger partial charge is 0.389 e. The number of β-amino-alcohol motifs (C(OH)–C–C–N with tert-alkyl or cyclic N) is 1. The standard InChI is InChI=1S/C15H32N2O3/c1-12(10-19-4)20-11-14(18)9-17-8-6-5-7-15(17)13(2)16-3/h12-16,18H,5-11H2,1-4H3. The molecule has 1 aliphatic rings. The zero-order valence-corrected chi connectivity index (χ0v) is 13.5. The first-order valence-electron chi connectivity index (χ1n) is 7.78. The molecule has 4 unspecified atom stereocenters. The molecule has 0 saturated carbocycles. The Balaban J connectivity index is 2.35. The number of rotatable bonds is 9. The summed E-state index contributed by atoms with van der Waals surface area (Å²) in [6.45, 7) is 6.88. The quantitative estimate of drug-likeness (QED) is 0.659. The maximum absolute atomic E-state index is 10.2. The maximum Gasteiger partial charge on any atom is 0.0900 e. The van der Waals surface area contributed by atoms with Gasteiger partial charge in [0.05, 0.1) is 25.4 Å². The summed E-state index contributed by atoms with van der Waals surface area (Å²) in [5.74, 6) is 0. The average Bonchev–Trinajstić information content (AvgIpc) is 2.45. The lowest BCUT2D eigenvalue weighted by Gasteiger charge is -2.40. The predicted octanol–water partition coefficient (Wildman–Crippen LogP) is 0.861. The number of hydrogen-bond acceptors (Lipinski definition) is 5. The third-order valence-corrected chi connectivity index (χ3v) is 4.12. The minimum absolute atomic E-state index is 0.0306. The van der Waals surface area contributed by atoms with Gasteiger partial charge in [0.25, 0.3) is 0 Å². The van der Waals surface area contributed by atoms with E-state index in [1.165, 1.54) is 19.3 Å². The Hall–Kier alpha value is -0.200. The molecule has 1 rings (SSSR count). The van der Waals surface area contributed by atoms with Crippen molar-refractivity contribution in [2.24, 2.45) is 0 Å². The number of likely N-dealkylation sites (tertiary alicyclic amines) is 1. The van der Waals surface area contributed by atoms with Crippen molar-refractivity contribution in [2.45, 2.75) is 57.4 Å². The van der Waals surface area contributed by atoms with Crippen molar-refractivity contribution in [1.82, 2.24) is 10.2 Å². The van der Waals surface area contributed by atoms with Gasteiger partial charge in [-0.1, -0.05) is 6.42 Å². The number of aliphatic hydroxyl groups excluding tert-OH is 1. The normalized spacial score (nSPS) is 25.4. The van der Waals surface area contributed by atoms with Crippen LogP contribution in [0.3, 0.4) is 0 Å². The molecule has 20 heavy (non-hydrogen) atoms. The van der Waals surface area contributed by atoms with Crippen molar-refractivity contribution in [3.05, 3.63) is 0 Å². The van der Waals surface area contributed by atoms with Crippen molar-refractivity contribution in [3.8, 4) is 0 Å². The van der Waals surface area contributed by atoms with E-state index in [0.717, 1.165) is 6.54 Å². The minimum atomic E-state index is -0.432. The summed E-state index contributed by atoms with van der Waals surface area (Å²) in [5.41, 5.74) is 0. The molecule has 0 aliphatic carbocycles. The molecule has 5 nitrogen and oxygen atoms in total. The van der Waals surface area contributed by atoms with Crippen LogP contribution < -0.4 is 5.32 Å². The van der Waals surface area contributed by atoms with Crippen LogP contribution in [0.2, 0.25) is 0 Å². The molecule has 0 spiro atoms. The van der Waals surface area contributed by atoms with Crippen molar-refractivity contribution < 1.29 is 14.6 Å². The zero-order chi connectivity index (χ0) is 15.0. The van der Waals surface area contributed by atoms with E-state index in [2.05, 4.69) is 17.1 Å². The lowest BCUT2D eigenvalue weighted by molar-refractivity contribution is -0.0464. The summed E-state index contributed by atoms with van der Waals surface area (Å²) >= 11 is 0. The first-order valence-corrected chi connectivity index (χ1v) is 7.78. The van der Waals surface area contributed by atoms with Crippen molar-refractivity contribution in [3.63, 3.8) is 0 Å². The van der Waals surface area contributed by atoms with Gasteiger partial charge < -0.3 is 19.9 Å². The highest BCUT2D eigenvalue weighted by molar-refractivity contribution is 4.85. The molecule has 1 aliphatic heterocycles. The fourth-order valence-corrected chi connectivity index (χ4v) is 2.88. The first kappa shape index (κ1) is 17.9. The molecule has 5 heteroatoms. The zero-order valence-electron chi connectivity index (χ0n) is 13.5. The van der Waals surface area contributed by atoms with Crippen LogP contribution in [0.25, 0.3) is 0 Å². The molecular weight excluding hydrogens is 256 g/mol. The van der Waals surface area contributed by atoms with Gasteiger partial charge in [0.1, 0.15) is 0 Å². The molecule has 0 radical (unpaired) electrons. The highest BCUT2D eigenvalue weighted by Crippen LogP contribution is 2.20. The molecule has 1 fully saturated rings. The summed E-state index contributed by atoms with van der Waals surface area (Å²) in [5, 5.41) is 13.5. The number of methoxy groups -OCH3 is 1. The molecule has 0 aromatic rings. The smallest absolute Gasteiger partial charge is 0.0900 e. The van der Waals surface area contributed by atoms with Gasteiger partial charge in [0, 0.05) is 25.7 Å². The van der Waals surface area contributed by atoms with Gasteiger partial charge in [0.15, 0.2) is 0 Å². The monoisotopic (exact) mass is 288 g/mol. The van der Waals surface area contributed by atoms with Crippen LogP contribution >= 0.6 is 0 Å². The Morgan fingerprint density at radius 2 is 2.05 bits per heavy atom.